The second-order valence-electron chi connectivity index (χ2n) is 10.9. The van der Waals surface area contributed by atoms with E-state index in [1.165, 1.54) is 25.3 Å². The Morgan fingerprint density at radius 3 is 2.19 bits per heavy atom. The van der Waals surface area contributed by atoms with Gasteiger partial charge >= 0.3 is 0 Å². The van der Waals surface area contributed by atoms with Crippen molar-refractivity contribution in [1.82, 2.24) is 10.6 Å². The van der Waals surface area contributed by atoms with Gasteiger partial charge in [-0.25, -0.2) is 8.78 Å². The van der Waals surface area contributed by atoms with E-state index in [-0.39, 0.29) is 40.0 Å². The van der Waals surface area contributed by atoms with E-state index in [0.717, 1.165) is 6.42 Å². The van der Waals surface area contributed by atoms with Crippen molar-refractivity contribution in [2.75, 3.05) is 26.0 Å². The maximum Gasteiger partial charge on any atom is 0.251 e. The van der Waals surface area contributed by atoms with Gasteiger partial charge in [0.15, 0.2) is 0 Å². The van der Waals surface area contributed by atoms with Crippen molar-refractivity contribution in [2.45, 2.75) is 66.8 Å². The van der Waals surface area contributed by atoms with Crippen molar-refractivity contribution in [3.63, 3.8) is 0 Å². The summed E-state index contributed by atoms with van der Waals surface area (Å²) in [4.78, 5) is 21.6. The molecule has 0 radical (unpaired) electrons. The molecule has 3 unspecified atom stereocenters. The molecule has 0 aliphatic carbocycles. The van der Waals surface area contributed by atoms with Crippen LogP contribution in [0.15, 0.2) is 60.7 Å². The summed E-state index contributed by atoms with van der Waals surface area (Å²) in [6, 6.07) is 18.1. The third kappa shape index (κ3) is 14.7. The Hall–Kier alpha value is -3.71. The van der Waals surface area contributed by atoms with Crippen molar-refractivity contribution in [3.05, 3.63) is 93.5 Å². The smallest absolute Gasteiger partial charge is 0.251 e. The molecule has 4 rings (SSSR count). The minimum atomic E-state index is -0.391. The highest BCUT2D eigenvalue weighted by molar-refractivity contribution is 6.31. The Bertz CT molecular complexity index is 1410. The first-order valence-corrected chi connectivity index (χ1v) is 16.2. The molecule has 0 saturated carbocycles. The van der Waals surface area contributed by atoms with E-state index in [1.54, 1.807) is 49.5 Å². The molecule has 1 heterocycles. The molecule has 2 amide bonds. The van der Waals surface area contributed by atoms with Crippen LogP contribution in [0.1, 0.15) is 76.7 Å². The van der Waals surface area contributed by atoms with Gasteiger partial charge in [0.05, 0.1) is 29.8 Å². The first-order chi connectivity index (χ1) is 22.3. The summed E-state index contributed by atoms with van der Waals surface area (Å²) >= 11 is 11.3. The first-order valence-electron chi connectivity index (χ1n) is 15.4. The van der Waals surface area contributed by atoms with Gasteiger partial charge in [-0.1, -0.05) is 89.9 Å². The van der Waals surface area contributed by atoms with Crippen molar-refractivity contribution in [3.8, 4) is 11.8 Å². The number of anilines is 1. The number of nitrogens with one attached hydrogen (secondary N) is 3. The van der Waals surface area contributed by atoms with E-state index in [9.17, 15) is 23.6 Å². The third-order valence-corrected chi connectivity index (χ3v) is 7.05. The number of nitriles is 1. The lowest BCUT2D eigenvalue weighted by Gasteiger charge is -2.26. The van der Waals surface area contributed by atoms with Gasteiger partial charge in [-0.2, -0.15) is 5.26 Å². The number of carbonyl (C=O) groups excluding carboxylic acids is 2. The van der Waals surface area contributed by atoms with Crippen LogP contribution < -0.4 is 20.7 Å². The molecule has 1 fully saturated rings. The molecule has 1 aliphatic heterocycles. The summed E-state index contributed by atoms with van der Waals surface area (Å²) in [7, 11) is 3.02. The molecule has 1 saturated heterocycles. The minimum absolute atomic E-state index is 0.100. The molecule has 3 aromatic rings. The zero-order valence-corrected chi connectivity index (χ0v) is 30.2. The molecule has 0 spiro atoms. The van der Waals surface area contributed by atoms with Crippen LogP contribution in [0.25, 0.3) is 0 Å². The number of amides is 2. The predicted octanol–water partition coefficient (Wildman–Crippen LogP) is 9.27. The highest BCUT2D eigenvalue weighted by atomic mass is 35.5. The standard InChI is InChI=1S/C16H20ClFN2.C10H12N2O3.C6H4ClF.2C2H6/c1-16(2,3)7-14-11(8-19)12(9-20-14)10-5-4-6-13(17)15(10)18;1-11-10(14)7-3-4-8(12-6-13)9(5-7)15-2;7-5-2-1-3-6(8)4-5;2*1-2/h4-6,11-12,14,20H,7,9H2,1-3H3;3-6H,1-2H3,(H,11,14)(H,12,13);1-4H;2*1-2H3. The molecule has 3 aromatic carbocycles. The lowest BCUT2D eigenvalue weighted by Crippen LogP contribution is -2.31. The monoisotopic (exact) mass is 692 g/mol. The number of hydrogen-bond donors (Lipinski definition) is 3. The number of carbonyl (C=O) groups is 2. The Labute approximate surface area is 289 Å². The average molecular weight is 694 g/mol. The Morgan fingerprint density at radius 2 is 1.70 bits per heavy atom. The largest absolute Gasteiger partial charge is 0.495 e. The van der Waals surface area contributed by atoms with Gasteiger partial charge in [0.1, 0.15) is 17.4 Å². The summed E-state index contributed by atoms with van der Waals surface area (Å²) in [5.41, 5.74) is 1.69. The number of ether oxygens (including phenoxy) is 1. The number of benzene rings is 3. The fraction of sp³-hybridized carbons (Fsp3) is 0.417. The number of methoxy groups -OCH3 is 1. The van der Waals surface area contributed by atoms with Gasteiger partial charge in [0.2, 0.25) is 6.41 Å². The summed E-state index contributed by atoms with van der Waals surface area (Å²) in [5.74, 6) is -0.794. The zero-order valence-electron chi connectivity index (χ0n) is 28.7. The van der Waals surface area contributed by atoms with Crippen LogP contribution in [0.5, 0.6) is 5.75 Å². The molecule has 3 atom stereocenters. The fourth-order valence-electron chi connectivity index (χ4n) is 4.58. The van der Waals surface area contributed by atoms with Crippen LogP contribution in [0.4, 0.5) is 14.5 Å². The van der Waals surface area contributed by atoms with Crippen molar-refractivity contribution < 1.29 is 23.1 Å². The zero-order chi connectivity index (χ0) is 36.2. The maximum absolute atomic E-state index is 14.2. The first kappa shape index (κ1) is 43.3. The highest BCUT2D eigenvalue weighted by Crippen LogP contribution is 2.38. The van der Waals surface area contributed by atoms with Crippen molar-refractivity contribution in [2.24, 2.45) is 11.3 Å². The molecule has 258 valence electrons. The number of rotatable bonds is 6. The van der Waals surface area contributed by atoms with Crippen LogP contribution in [0.3, 0.4) is 0 Å². The molecule has 0 aromatic heterocycles. The third-order valence-electron chi connectivity index (χ3n) is 6.52. The van der Waals surface area contributed by atoms with Crippen LogP contribution in [-0.4, -0.2) is 39.1 Å². The van der Waals surface area contributed by atoms with Crippen LogP contribution in [0, 0.1) is 34.3 Å². The van der Waals surface area contributed by atoms with E-state index in [4.69, 9.17) is 27.9 Å². The average Bonchev–Trinajstić information content (AvgIpc) is 3.45. The molecular weight excluding hydrogens is 645 g/mol. The number of nitrogens with zero attached hydrogens (tertiary/aromatic N) is 1. The quantitative estimate of drug-likeness (QED) is 0.224. The molecule has 1 aliphatic rings. The minimum Gasteiger partial charge on any atom is -0.495 e. The molecule has 7 nitrogen and oxygen atoms in total. The van der Waals surface area contributed by atoms with Gasteiger partial charge in [0.25, 0.3) is 5.91 Å². The molecule has 47 heavy (non-hydrogen) atoms. The summed E-state index contributed by atoms with van der Waals surface area (Å²) in [6.07, 6.45) is 1.45. The molecular formula is C36H48Cl2F2N4O3. The number of halogens is 4. The predicted molar refractivity (Wildman–Crippen MR) is 189 cm³/mol. The SMILES string of the molecule is CC.CC.CC(C)(C)CC1NCC(c2cccc(Cl)c2F)C1C#N.CNC(=O)c1ccc(NC=O)c(OC)c1.Fc1cccc(Cl)c1. The topological polar surface area (TPSA) is 103 Å². The molecule has 3 N–H and O–H groups in total. The summed E-state index contributed by atoms with van der Waals surface area (Å²) < 4.78 is 31.3. The van der Waals surface area contributed by atoms with E-state index >= 15 is 0 Å². The summed E-state index contributed by atoms with van der Waals surface area (Å²) in [6.45, 7) is 15.1. The van der Waals surface area contributed by atoms with Crippen LogP contribution in [0.2, 0.25) is 10.0 Å². The molecule has 11 heteroatoms. The van der Waals surface area contributed by atoms with Gasteiger partial charge in [-0.05, 0) is 59.9 Å². The van der Waals surface area contributed by atoms with Crippen molar-refractivity contribution >= 4 is 41.2 Å². The fourth-order valence-corrected chi connectivity index (χ4v) is 4.94. The van der Waals surface area contributed by atoms with Gasteiger partial charge < -0.3 is 20.7 Å². The second kappa shape index (κ2) is 22.8. The Morgan fingerprint density at radius 1 is 1.06 bits per heavy atom. The van der Waals surface area contributed by atoms with Crippen LogP contribution in [-0.2, 0) is 4.79 Å². The van der Waals surface area contributed by atoms with E-state index in [1.807, 2.05) is 27.7 Å². The normalized spacial score (nSPS) is 16.0. The van der Waals surface area contributed by atoms with E-state index < -0.39 is 5.82 Å². The van der Waals surface area contributed by atoms with Gasteiger partial charge in [-0.3, -0.25) is 9.59 Å². The second-order valence-corrected chi connectivity index (χ2v) is 11.7. The van der Waals surface area contributed by atoms with Crippen LogP contribution >= 0.6 is 23.2 Å². The maximum atomic E-state index is 14.2. The summed E-state index contributed by atoms with van der Waals surface area (Å²) in [5, 5.41) is 18.4. The lowest BCUT2D eigenvalue weighted by atomic mass is 9.79. The number of hydrogen-bond acceptors (Lipinski definition) is 5. The highest BCUT2D eigenvalue weighted by Gasteiger charge is 2.39. The van der Waals surface area contributed by atoms with Gasteiger partial charge in [-0.15, -0.1) is 0 Å². The molecule has 0 bridgehead atoms. The lowest BCUT2D eigenvalue weighted by molar-refractivity contribution is -0.105. The Balaban J connectivity index is 0.000000688. The van der Waals surface area contributed by atoms with Gasteiger partial charge in [0, 0.05) is 36.1 Å². The van der Waals surface area contributed by atoms with Crippen molar-refractivity contribution in [1.29, 1.82) is 5.26 Å². The van der Waals surface area contributed by atoms with E-state index in [2.05, 4.69) is 42.8 Å². The van der Waals surface area contributed by atoms with E-state index in [0.29, 0.717) is 40.5 Å². The Kier molecular flexibility index (Phi) is 21.0.